The summed E-state index contributed by atoms with van der Waals surface area (Å²) in [5.74, 6) is 7.36. The monoisotopic (exact) mass is 1190 g/mol. The molecule has 0 unspecified atom stereocenters. The zero-order valence-corrected chi connectivity index (χ0v) is 51.8. The van der Waals surface area contributed by atoms with Gasteiger partial charge in [0.05, 0.1) is 43.6 Å². The van der Waals surface area contributed by atoms with Gasteiger partial charge in [-0.1, -0.05) is 117 Å². The quantitative estimate of drug-likeness (QED) is 0.0957. The summed E-state index contributed by atoms with van der Waals surface area (Å²) in [6.45, 7) is 2.57. The first-order valence-electron chi connectivity index (χ1n) is 34.7. The maximum atomic E-state index is 16.1. The van der Waals surface area contributed by atoms with Gasteiger partial charge in [0.25, 0.3) is 0 Å². The minimum absolute atomic E-state index is 0.0358. The fourth-order valence-corrected chi connectivity index (χ4v) is 23.1. The highest BCUT2D eigenvalue weighted by Crippen LogP contribution is 2.77. The Hall–Kier alpha value is -5.64. The summed E-state index contributed by atoms with van der Waals surface area (Å²) in [6, 6.07) is 17.0. The molecule has 11 heteroatoms. The number of hydrogen-bond donors (Lipinski definition) is 7. The molecule has 11 nitrogen and oxygen atoms in total. The van der Waals surface area contributed by atoms with Crippen molar-refractivity contribution in [1.29, 1.82) is 0 Å². The van der Waals surface area contributed by atoms with Crippen molar-refractivity contribution >= 4 is 11.7 Å². The second-order valence-electron chi connectivity index (χ2n) is 31.0. The Kier molecular flexibility index (Phi) is 14.0. The van der Waals surface area contributed by atoms with E-state index < -0.39 is 45.1 Å². The number of aliphatic hydroxyl groups is 3. The number of allylic oxidation sites excluding steroid dienone is 5. The van der Waals surface area contributed by atoms with Crippen LogP contribution in [0.5, 0.6) is 17.2 Å². The van der Waals surface area contributed by atoms with Crippen molar-refractivity contribution in [2.75, 3.05) is 26.4 Å². The van der Waals surface area contributed by atoms with Crippen LogP contribution in [0.25, 0.3) is 0 Å². The van der Waals surface area contributed by atoms with E-state index >= 15 is 4.79 Å². The SMILES string of the molecule is C[C@@H]1C[C@]23C[C@H]4[C@@H](OCCC45CCCC5)[C@@H]4[C@H]2c2c(O)c(OC5CCCC5)cc5c2C#CC[C@H]2C[C@]4(CO)C=C3[C@](/C=C/[C@H]3C[C@H]4C[C@]6(CO)C=CCC[C@H]6C(CO)=C4C(=O)C[C@H]53)(C1)c1cc(O)cc(c1)Cc1cccc(c1)C1(CCCCC1)NC(N)=N2. The minimum atomic E-state index is -0.981. The molecule has 88 heavy (non-hydrogen) atoms. The van der Waals surface area contributed by atoms with Gasteiger partial charge in [-0.15, -0.1) is 0 Å². The maximum Gasteiger partial charge on any atom is 0.189 e. The van der Waals surface area contributed by atoms with E-state index in [9.17, 15) is 25.5 Å². The molecule has 14 atom stereocenters. The number of aromatic hydroxyl groups is 2. The van der Waals surface area contributed by atoms with E-state index in [2.05, 4.69) is 90.9 Å². The van der Waals surface area contributed by atoms with E-state index in [1.165, 1.54) is 24.0 Å². The molecule has 2 aliphatic heterocycles. The molecular formula is C77H93N3O8. The van der Waals surface area contributed by atoms with Crippen LogP contribution in [0.15, 0.2) is 101 Å². The van der Waals surface area contributed by atoms with Gasteiger partial charge in [0.15, 0.2) is 23.2 Å². The van der Waals surface area contributed by atoms with Gasteiger partial charge in [-0.25, -0.2) is 4.99 Å². The predicted molar refractivity (Wildman–Crippen MR) is 341 cm³/mol. The summed E-state index contributed by atoms with van der Waals surface area (Å²) in [5, 5.41) is 67.2. The number of hydrogen-bond acceptors (Lipinski definition) is 11. The van der Waals surface area contributed by atoms with Gasteiger partial charge < -0.3 is 46.1 Å². The lowest BCUT2D eigenvalue weighted by Crippen LogP contribution is -2.66. The number of guanidine groups is 1. The van der Waals surface area contributed by atoms with Crippen molar-refractivity contribution in [3.05, 3.63) is 135 Å². The van der Waals surface area contributed by atoms with Crippen LogP contribution >= 0.6 is 0 Å². The zero-order valence-electron chi connectivity index (χ0n) is 51.8. The number of ether oxygens (including phenoxy) is 2. The van der Waals surface area contributed by atoms with Crippen molar-refractivity contribution in [2.24, 2.45) is 67.9 Å². The number of rotatable bonds is 5. The normalized spacial score (nSPS) is 38.5. The Bertz CT molecular complexity index is 3550. The van der Waals surface area contributed by atoms with Crippen LogP contribution in [0.1, 0.15) is 212 Å². The van der Waals surface area contributed by atoms with E-state index in [0.717, 1.165) is 154 Å². The molecule has 2 heterocycles. The number of phenolic OH excluding ortho intramolecular Hbond substituents is 2. The largest absolute Gasteiger partial charge is 0.508 e. The molecule has 14 bridgehead atoms. The van der Waals surface area contributed by atoms with Crippen LogP contribution in [0.2, 0.25) is 0 Å². The third-order valence-corrected chi connectivity index (χ3v) is 26.4. The lowest BCUT2D eigenvalue weighted by molar-refractivity contribution is -0.209. The number of carbonyl (C=O) groups is 1. The number of carbonyl (C=O) groups excluding carboxylic acids is 1. The Morgan fingerprint density at radius 1 is 0.841 bits per heavy atom. The number of nitrogens with two attached hydrogens (primary N) is 1. The lowest BCUT2D eigenvalue weighted by Gasteiger charge is -2.70. The second kappa shape index (κ2) is 21.5. The number of nitrogens with zero attached hydrogens (tertiary/aromatic N) is 1. The van der Waals surface area contributed by atoms with Crippen molar-refractivity contribution < 1.29 is 39.8 Å². The minimum Gasteiger partial charge on any atom is -0.508 e. The summed E-state index contributed by atoms with van der Waals surface area (Å²) in [6.07, 6.45) is 32.9. The molecule has 3 aromatic carbocycles. The predicted octanol–water partition coefficient (Wildman–Crippen LogP) is 12.8. The van der Waals surface area contributed by atoms with Crippen LogP contribution < -0.4 is 15.8 Å². The number of ketones is 1. The first-order valence-corrected chi connectivity index (χ1v) is 34.7. The van der Waals surface area contributed by atoms with Crippen LogP contribution in [-0.4, -0.2) is 82.0 Å². The van der Waals surface area contributed by atoms with E-state index in [0.29, 0.717) is 50.4 Å². The highest BCUT2D eigenvalue weighted by atomic mass is 16.5. The fourth-order valence-electron chi connectivity index (χ4n) is 23.1. The number of Topliss-reactive ketones (excluding diaryl/α,β-unsaturated/α-hetero) is 1. The fraction of sp³-hybridized carbons (Fsp3) is 0.610. The molecule has 0 amide bonds. The summed E-state index contributed by atoms with van der Waals surface area (Å²) >= 11 is 0. The second-order valence-corrected chi connectivity index (χ2v) is 31.0. The lowest BCUT2D eigenvalue weighted by atomic mass is 9.35. The summed E-state index contributed by atoms with van der Waals surface area (Å²) in [4.78, 5) is 21.7. The highest BCUT2D eigenvalue weighted by Gasteiger charge is 2.72. The molecule has 6 saturated carbocycles. The Labute approximate surface area is 520 Å². The molecule has 16 rings (SSSR count). The first kappa shape index (κ1) is 57.5. The molecule has 0 aromatic heterocycles. The van der Waals surface area contributed by atoms with Crippen LogP contribution in [0, 0.1) is 69.0 Å². The number of benzene rings is 3. The van der Waals surface area contributed by atoms with Gasteiger partial charge in [-0.2, -0.15) is 0 Å². The highest BCUT2D eigenvalue weighted by molar-refractivity contribution is 5.98. The third-order valence-electron chi connectivity index (χ3n) is 26.4. The van der Waals surface area contributed by atoms with E-state index in [-0.39, 0.29) is 96.7 Å². The van der Waals surface area contributed by atoms with Gasteiger partial charge in [0, 0.05) is 69.6 Å². The summed E-state index contributed by atoms with van der Waals surface area (Å²) in [7, 11) is 0. The van der Waals surface area contributed by atoms with Gasteiger partial charge in [-0.05, 0) is 208 Å². The van der Waals surface area contributed by atoms with E-state index in [1.807, 2.05) is 12.1 Å². The van der Waals surface area contributed by atoms with Gasteiger partial charge in [0.2, 0.25) is 0 Å². The molecule has 8 N–H and O–H groups in total. The smallest absolute Gasteiger partial charge is 0.189 e. The zero-order chi connectivity index (χ0) is 60.0. The van der Waals surface area contributed by atoms with Crippen LogP contribution in [0.4, 0.5) is 0 Å². The van der Waals surface area contributed by atoms with E-state index in [1.54, 1.807) is 0 Å². The first-order chi connectivity index (χ1) is 42.7. The van der Waals surface area contributed by atoms with Gasteiger partial charge >= 0.3 is 0 Å². The number of phenols is 2. The van der Waals surface area contributed by atoms with Crippen molar-refractivity contribution in [3.8, 4) is 29.1 Å². The van der Waals surface area contributed by atoms with Gasteiger partial charge in [0.1, 0.15) is 5.75 Å². The molecule has 3 spiro atoms. The number of aliphatic hydroxyl groups excluding tert-OH is 3. The van der Waals surface area contributed by atoms with E-state index in [4.69, 9.17) is 20.2 Å². The molecular weight excluding hydrogens is 1090 g/mol. The van der Waals surface area contributed by atoms with Crippen molar-refractivity contribution in [3.63, 3.8) is 0 Å². The summed E-state index contributed by atoms with van der Waals surface area (Å²) in [5.41, 5.74) is 13.6. The van der Waals surface area contributed by atoms with Crippen LogP contribution in [0.3, 0.4) is 0 Å². The standard InChI is InChI=1S/C77H93N3O8/c1-46-37-75-26-20-49-33-50-39-73(44-82)23-8-5-19-60(73)59(43-81)65(50)62(85)35-57(49)58-36-63(88-55-16-3-4-17-55)69(86)66-56(58)18-12-15-53(40-74(45-83)42-64(75)76(38-46)41-61-70(68(74)67(66)76)87-28-27-72(61)21-9-10-22-72)79-71(78)80-77(24-6-2-7-25-77)51-14-11-13-47(30-51)29-48-31-52(75)34-54(84)32-48/h8,11,13-14,20,23,26,30-32,34,36,42,46,49-50,53,55,57,60-61,67-68,70,81-84,86H,2-7,9-10,15-17,19,21-22,24-25,27-29,33,35,37-41,43-45H2,1H3,(H3,78,79,80)/b26-20+/t46-,49-,50-,53-,57-,60-,61-,67+,68-,70+,73-,74+,75+,76+/m0/s1. The Balaban J connectivity index is 1.04. The molecule has 464 valence electrons. The van der Waals surface area contributed by atoms with Gasteiger partial charge in [-0.3, -0.25) is 4.79 Å². The number of fused-ring (bicyclic) bond motifs is 12. The molecule has 1 saturated heterocycles. The number of aliphatic imine (C=N–C) groups is 1. The molecule has 13 aliphatic rings. The summed E-state index contributed by atoms with van der Waals surface area (Å²) < 4.78 is 14.9. The molecule has 7 fully saturated rings. The third kappa shape index (κ3) is 8.76. The molecule has 3 aromatic rings. The van der Waals surface area contributed by atoms with Crippen molar-refractivity contribution in [1.82, 2.24) is 5.32 Å². The van der Waals surface area contributed by atoms with Crippen molar-refractivity contribution in [2.45, 2.75) is 208 Å². The maximum absolute atomic E-state index is 16.1. The topological polar surface area (TPSA) is 187 Å². The van der Waals surface area contributed by atoms with Crippen LogP contribution in [-0.2, 0) is 26.9 Å². The number of nitrogens with one attached hydrogen (secondary N) is 1. The Morgan fingerprint density at radius 2 is 1.65 bits per heavy atom. The molecule has 0 radical (unpaired) electrons. The average Bonchev–Trinajstić information content (AvgIpc) is 0.851. The average molecular weight is 1190 g/mol. The Morgan fingerprint density at radius 3 is 2.45 bits per heavy atom. The molecule has 11 aliphatic carbocycles.